The van der Waals surface area contributed by atoms with Crippen LogP contribution in [0.3, 0.4) is 0 Å². The van der Waals surface area contributed by atoms with Crippen molar-refractivity contribution in [2.45, 2.75) is 26.7 Å². The summed E-state index contributed by atoms with van der Waals surface area (Å²) in [7, 11) is 0. The molecule has 0 saturated carbocycles. The van der Waals surface area contributed by atoms with Crippen LogP contribution in [0.5, 0.6) is 0 Å². The lowest BCUT2D eigenvalue weighted by Crippen LogP contribution is -2.25. The van der Waals surface area contributed by atoms with Gasteiger partial charge in [-0.25, -0.2) is 0 Å². The molecule has 30 heavy (non-hydrogen) atoms. The van der Waals surface area contributed by atoms with Crippen molar-refractivity contribution in [2.75, 3.05) is 11.9 Å². The third kappa shape index (κ3) is 6.35. The first kappa shape index (κ1) is 21.4. The second-order valence-electron chi connectivity index (χ2n) is 6.98. The molecular weight excluding hydrogens is 396 g/mol. The molecule has 0 aliphatic carbocycles. The summed E-state index contributed by atoms with van der Waals surface area (Å²) < 4.78 is 0. The number of thiophene rings is 1. The average Bonchev–Trinajstić information content (AvgIpc) is 3.27. The Morgan fingerprint density at radius 3 is 2.47 bits per heavy atom. The number of benzene rings is 2. The van der Waals surface area contributed by atoms with Gasteiger partial charge in [0.25, 0.3) is 5.91 Å². The topological polar surface area (TPSA) is 82.9 Å². The van der Waals surface area contributed by atoms with Gasteiger partial charge in [0.15, 0.2) is 0 Å². The lowest BCUT2D eigenvalue weighted by Gasteiger charge is -2.09. The Morgan fingerprint density at radius 2 is 1.73 bits per heavy atom. The van der Waals surface area contributed by atoms with Gasteiger partial charge in [-0.05, 0) is 61.5 Å². The van der Waals surface area contributed by atoms with Crippen molar-refractivity contribution < 1.29 is 9.59 Å². The van der Waals surface area contributed by atoms with E-state index in [4.69, 9.17) is 0 Å². The lowest BCUT2D eigenvalue weighted by molar-refractivity contribution is -0.116. The Labute approximate surface area is 180 Å². The standard InChI is InChI=1S/C23H24N4O2S/c1-16-5-8-19(9-6-16)26-27-21-14-17(2)7-10-20(21)25-22(28)4-3-12-24-23(29)18-11-13-30-15-18/h5-11,13-15H,3-4,12H2,1-2H3,(H,24,29)(H,25,28). The predicted molar refractivity (Wildman–Crippen MR) is 121 cm³/mol. The average molecular weight is 421 g/mol. The van der Waals surface area contributed by atoms with Crippen molar-refractivity contribution in [2.24, 2.45) is 10.2 Å². The number of carbonyl (C=O) groups excluding carboxylic acids is 2. The molecule has 6 nitrogen and oxygen atoms in total. The SMILES string of the molecule is Cc1ccc(N=Nc2cc(C)ccc2NC(=O)CCCNC(=O)c2ccsc2)cc1. The van der Waals surface area contributed by atoms with E-state index in [-0.39, 0.29) is 11.8 Å². The van der Waals surface area contributed by atoms with Crippen LogP contribution in [0.15, 0.2) is 69.5 Å². The monoisotopic (exact) mass is 420 g/mol. The number of azo groups is 1. The van der Waals surface area contributed by atoms with E-state index in [9.17, 15) is 9.59 Å². The van der Waals surface area contributed by atoms with E-state index in [1.165, 1.54) is 11.3 Å². The van der Waals surface area contributed by atoms with Gasteiger partial charge in [0.2, 0.25) is 5.91 Å². The van der Waals surface area contributed by atoms with Gasteiger partial charge in [0.05, 0.1) is 11.4 Å². The molecule has 0 spiro atoms. The van der Waals surface area contributed by atoms with Crippen LogP contribution in [-0.2, 0) is 4.79 Å². The van der Waals surface area contributed by atoms with Gasteiger partial charge < -0.3 is 10.6 Å². The van der Waals surface area contributed by atoms with Gasteiger partial charge in [0, 0.05) is 23.9 Å². The molecule has 0 saturated heterocycles. The molecular formula is C23H24N4O2S. The van der Waals surface area contributed by atoms with Crippen LogP contribution in [0.2, 0.25) is 0 Å². The molecule has 0 aliphatic rings. The number of nitrogens with one attached hydrogen (secondary N) is 2. The number of hydrogen-bond donors (Lipinski definition) is 2. The van der Waals surface area contributed by atoms with E-state index in [1.807, 2.05) is 61.7 Å². The molecule has 3 rings (SSSR count). The Morgan fingerprint density at radius 1 is 0.967 bits per heavy atom. The minimum absolute atomic E-state index is 0.117. The van der Waals surface area contributed by atoms with Crippen molar-refractivity contribution in [1.29, 1.82) is 0 Å². The summed E-state index contributed by atoms with van der Waals surface area (Å²) in [5.74, 6) is -0.246. The number of rotatable bonds is 8. The van der Waals surface area contributed by atoms with Crippen LogP contribution in [0.1, 0.15) is 34.3 Å². The Hall–Kier alpha value is -3.32. The lowest BCUT2D eigenvalue weighted by atomic mass is 10.2. The second kappa shape index (κ2) is 10.5. The van der Waals surface area contributed by atoms with Crippen LogP contribution in [0, 0.1) is 13.8 Å². The zero-order chi connectivity index (χ0) is 21.3. The van der Waals surface area contributed by atoms with E-state index >= 15 is 0 Å². The molecule has 0 aliphatic heterocycles. The van der Waals surface area contributed by atoms with Crippen molar-refractivity contribution in [3.63, 3.8) is 0 Å². The highest BCUT2D eigenvalue weighted by Crippen LogP contribution is 2.28. The first-order valence-electron chi connectivity index (χ1n) is 9.70. The first-order chi connectivity index (χ1) is 14.5. The number of nitrogens with zero attached hydrogens (tertiary/aromatic N) is 2. The maximum Gasteiger partial charge on any atom is 0.252 e. The van der Waals surface area contributed by atoms with Crippen LogP contribution in [0.25, 0.3) is 0 Å². The summed E-state index contributed by atoms with van der Waals surface area (Å²) in [6.45, 7) is 4.42. The highest BCUT2D eigenvalue weighted by atomic mass is 32.1. The van der Waals surface area contributed by atoms with E-state index in [2.05, 4.69) is 20.9 Å². The molecule has 0 atom stereocenters. The predicted octanol–water partition coefficient (Wildman–Crippen LogP) is 5.93. The van der Waals surface area contributed by atoms with Crippen LogP contribution in [-0.4, -0.2) is 18.4 Å². The molecule has 7 heteroatoms. The van der Waals surface area contributed by atoms with Crippen molar-refractivity contribution in [1.82, 2.24) is 5.32 Å². The van der Waals surface area contributed by atoms with Gasteiger partial charge in [-0.3, -0.25) is 9.59 Å². The Kier molecular flexibility index (Phi) is 7.45. The van der Waals surface area contributed by atoms with E-state index in [0.29, 0.717) is 36.3 Å². The number of anilines is 1. The maximum absolute atomic E-state index is 12.3. The fourth-order valence-electron chi connectivity index (χ4n) is 2.71. The first-order valence-corrected chi connectivity index (χ1v) is 10.6. The number of aryl methyl sites for hydroxylation is 2. The fourth-order valence-corrected chi connectivity index (χ4v) is 3.35. The van der Waals surface area contributed by atoms with Gasteiger partial charge in [-0.1, -0.05) is 23.8 Å². The minimum Gasteiger partial charge on any atom is -0.352 e. The molecule has 1 heterocycles. The second-order valence-corrected chi connectivity index (χ2v) is 7.76. The smallest absolute Gasteiger partial charge is 0.252 e. The summed E-state index contributed by atoms with van der Waals surface area (Å²) >= 11 is 1.48. The van der Waals surface area contributed by atoms with Gasteiger partial charge in [-0.15, -0.1) is 5.11 Å². The van der Waals surface area contributed by atoms with Crippen LogP contribution < -0.4 is 10.6 Å². The van der Waals surface area contributed by atoms with E-state index in [0.717, 1.165) is 16.8 Å². The molecule has 0 bridgehead atoms. The molecule has 154 valence electrons. The molecule has 2 amide bonds. The summed E-state index contributed by atoms with van der Waals surface area (Å²) in [4.78, 5) is 24.2. The third-order valence-corrected chi connectivity index (χ3v) is 5.07. The molecule has 2 N–H and O–H groups in total. The number of amides is 2. The fraction of sp³-hybridized carbons (Fsp3) is 0.217. The van der Waals surface area contributed by atoms with Crippen LogP contribution in [0.4, 0.5) is 17.1 Å². The molecule has 1 aromatic heterocycles. The third-order valence-electron chi connectivity index (χ3n) is 4.38. The van der Waals surface area contributed by atoms with Gasteiger partial charge >= 0.3 is 0 Å². The zero-order valence-electron chi connectivity index (χ0n) is 17.0. The highest BCUT2D eigenvalue weighted by Gasteiger charge is 2.09. The maximum atomic E-state index is 12.3. The summed E-state index contributed by atoms with van der Waals surface area (Å²) in [6, 6.07) is 15.2. The quantitative estimate of drug-likeness (QED) is 0.350. The van der Waals surface area contributed by atoms with E-state index in [1.54, 1.807) is 11.4 Å². The molecule has 2 aromatic carbocycles. The summed E-state index contributed by atoms with van der Waals surface area (Å²) in [5, 5.41) is 18.0. The van der Waals surface area contributed by atoms with Crippen molar-refractivity contribution in [3.05, 3.63) is 76.0 Å². The van der Waals surface area contributed by atoms with Crippen molar-refractivity contribution in [3.8, 4) is 0 Å². The van der Waals surface area contributed by atoms with E-state index < -0.39 is 0 Å². The largest absolute Gasteiger partial charge is 0.352 e. The van der Waals surface area contributed by atoms with Crippen LogP contribution >= 0.6 is 11.3 Å². The number of hydrogen-bond acceptors (Lipinski definition) is 5. The normalized spacial score (nSPS) is 10.9. The van der Waals surface area contributed by atoms with Gasteiger partial charge in [-0.2, -0.15) is 16.5 Å². The minimum atomic E-state index is -0.129. The molecule has 0 radical (unpaired) electrons. The Balaban J connectivity index is 1.54. The summed E-state index contributed by atoms with van der Waals surface area (Å²) in [5.41, 5.74) is 4.80. The number of carbonyl (C=O) groups is 2. The Bertz CT molecular complexity index is 1030. The molecule has 0 unspecified atom stereocenters. The highest BCUT2D eigenvalue weighted by molar-refractivity contribution is 7.08. The molecule has 0 fully saturated rings. The van der Waals surface area contributed by atoms with Gasteiger partial charge in [0.1, 0.15) is 5.69 Å². The zero-order valence-corrected chi connectivity index (χ0v) is 17.8. The van der Waals surface area contributed by atoms with Crippen molar-refractivity contribution >= 4 is 40.2 Å². The molecule has 3 aromatic rings. The summed E-state index contributed by atoms with van der Waals surface area (Å²) in [6.07, 6.45) is 0.847.